The summed E-state index contributed by atoms with van der Waals surface area (Å²) in [5, 5.41) is 0. The van der Waals surface area contributed by atoms with Gasteiger partial charge in [0.25, 0.3) is 0 Å². The van der Waals surface area contributed by atoms with Crippen molar-refractivity contribution in [1.29, 1.82) is 0 Å². The number of hydrogen-bond donors (Lipinski definition) is 0. The van der Waals surface area contributed by atoms with Crippen LogP contribution in [-0.2, 0) is 48.4 Å². The quantitative estimate of drug-likeness (QED) is 0.513. The molecule has 2 aromatic rings. The van der Waals surface area contributed by atoms with Gasteiger partial charge in [0.05, 0.1) is 0 Å². The summed E-state index contributed by atoms with van der Waals surface area (Å²) in [5.41, 5.74) is 2.20. The fraction of sp³-hybridized carbons (Fsp3) is 0.250. The third-order valence-electron chi connectivity index (χ3n) is 3.32. The van der Waals surface area contributed by atoms with Gasteiger partial charge in [-0.05, 0) is 12.1 Å². The first kappa shape index (κ1) is 22.3. The summed E-state index contributed by atoms with van der Waals surface area (Å²) in [5.74, 6) is 0. The van der Waals surface area contributed by atoms with Crippen molar-refractivity contribution in [2.45, 2.75) is 9.79 Å². The molecule has 2 rings (SSSR count). The average Bonchev–Trinajstić information content (AvgIpc) is 2.55. The molecule has 7 heteroatoms. The summed E-state index contributed by atoms with van der Waals surface area (Å²) >= 11 is 11.4. The van der Waals surface area contributed by atoms with Gasteiger partial charge in [0.1, 0.15) is 0 Å². The minimum atomic E-state index is 0. The Hall–Kier alpha value is -0.742. The maximum atomic E-state index is 8.26. The van der Waals surface area contributed by atoms with Gasteiger partial charge in [0, 0.05) is 38.6 Å². The van der Waals surface area contributed by atoms with Crippen LogP contribution in [0.2, 0.25) is 0 Å². The van der Waals surface area contributed by atoms with Crippen LogP contribution >= 0.6 is 12.4 Å². The van der Waals surface area contributed by atoms with E-state index in [2.05, 4.69) is 36.0 Å². The second-order valence-corrected chi connectivity index (χ2v) is 5.66. The van der Waals surface area contributed by atoms with Crippen LogP contribution in [0.15, 0.2) is 58.3 Å². The van der Waals surface area contributed by atoms with Gasteiger partial charge in [-0.3, -0.25) is 0 Å². The Morgan fingerprint density at radius 1 is 0.783 bits per heavy atom. The molecule has 0 fully saturated rings. The third-order valence-corrected chi connectivity index (χ3v) is 4.01. The maximum absolute atomic E-state index is 8.26. The normalized spacial score (nSPS) is 9.13. The first-order valence-corrected chi connectivity index (χ1v) is 8.34. The van der Waals surface area contributed by atoms with Crippen LogP contribution in [0.3, 0.4) is 0 Å². The first-order valence-electron chi connectivity index (χ1n) is 6.70. The van der Waals surface area contributed by atoms with Crippen molar-refractivity contribution in [3.05, 3.63) is 48.5 Å². The molecule has 0 N–H and O–H groups in total. The van der Waals surface area contributed by atoms with Gasteiger partial charge in [-0.1, -0.05) is 36.4 Å². The van der Waals surface area contributed by atoms with Crippen LogP contribution in [0.25, 0.3) is 0 Å². The number of para-hydroxylation sites is 2. The number of likely N-dealkylation sites (N-methyl/N-ethyl adjacent to an activating group) is 2. The van der Waals surface area contributed by atoms with Gasteiger partial charge in [-0.15, -0.1) is 12.4 Å². The molecular formula is C16H19ClMoN2OS2-2. The molecule has 0 aliphatic rings. The third kappa shape index (κ3) is 6.72. The van der Waals surface area contributed by atoms with E-state index < -0.39 is 0 Å². The van der Waals surface area contributed by atoms with Crippen molar-refractivity contribution >= 4 is 49.0 Å². The molecule has 0 saturated heterocycles. The Kier molecular flexibility index (Phi) is 11.4. The van der Waals surface area contributed by atoms with Gasteiger partial charge in [-0.25, -0.2) is 0 Å². The van der Waals surface area contributed by atoms with Crippen molar-refractivity contribution in [1.82, 2.24) is 0 Å². The van der Waals surface area contributed by atoms with Crippen molar-refractivity contribution in [2.75, 3.05) is 37.0 Å². The predicted octanol–water partition coefficient (Wildman–Crippen LogP) is 3.37. The zero-order valence-electron chi connectivity index (χ0n) is 13.0. The molecule has 0 atom stereocenters. The molecule has 0 unspecified atom stereocenters. The Morgan fingerprint density at radius 2 is 1.09 bits per heavy atom. The van der Waals surface area contributed by atoms with Crippen LogP contribution in [-0.4, -0.2) is 27.2 Å². The number of rotatable bonds is 5. The van der Waals surface area contributed by atoms with Gasteiger partial charge in [0.15, 0.2) is 0 Å². The zero-order valence-corrected chi connectivity index (χ0v) is 17.4. The molecule has 0 aromatic heterocycles. The molecule has 126 valence electrons. The van der Waals surface area contributed by atoms with Crippen molar-refractivity contribution in [3.63, 3.8) is 0 Å². The van der Waals surface area contributed by atoms with E-state index in [1.165, 1.54) is 0 Å². The molecule has 0 radical (unpaired) electrons. The van der Waals surface area contributed by atoms with Crippen LogP contribution in [0.4, 0.5) is 11.4 Å². The number of benzene rings is 2. The summed E-state index contributed by atoms with van der Waals surface area (Å²) in [4.78, 5) is 6.15. The second kappa shape index (κ2) is 11.7. The number of nitrogens with zero attached hydrogens (tertiary/aromatic N) is 2. The molecule has 0 aliphatic carbocycles. The van der Waals surface area contributed by atoms with Gasteiger partial charge in [0.2, 0.25) is 0 Å². The molecule has 23 heavy (non-hydrogen) atoms. The van der Waals surface area contributed by atoms with Crippen LogP contribution in [0.5, 0.6) is 0 Å². The first-order chi connectivity index (χ1) is 10.6. The van der Waals surface area contributed by atoms with Gasteiger partial charge < -0.3 is 35.1 Å². The molecule has 0 spiro atoms. The van der Waals surface area contributed by atoms with E-state index in [1.54, 1.807) is 0 Å². The van der Waals surface area contributed by atoms with E-state index in [0.29, 0.717) is 19.8 Å². The molecule has 0 heterocycles. The molecule has 0 aliphatic heterocycles. The fourth-order valence-corrected chi connectivity index (χ4v) is 2.69. The summed E-state index contributed by atoms with van der Waals surface area (Å²) < 4.78 is 8.26. The van der Waals surface area contributed by atoms with E-state index in [9.17, 15) is 0 Å². The standard InChI is InChI=1S/C16H20N2S2.ClH.Mo.O/c1-17(13-7-3-5-9-15(13)19)11-12-18(2)14-8-4-6-10-16(14)20;;;/h3-10,19-20H,11-12H2,1-2H3;1H;;/p-2. The summed E-state index contributed by atoms with van der Waals surface area (Å²) in [6.07, 6.45) is 0. The molecule has 0 saturated carbocycles. The Labute approximate surface area is 166 Å². The monoisotopic (exact) mass is 452 g/mol. The number of halogens is 1. The van der Waals surface area contributed by atoms with E-state index in [0.717, 1.165) is 34.3 Å². The Morgan fingerprint density at radius 3 is 1.39 bits per heavy atom. The Bertz CT molecular complexity index is 552. The summed E-state index contributed by atoms with van der Waals surface area (Å²) in [6, 6.07) is 16.0. The minimum absolute atomic E-state index is 0. The van der Waals surface area contributed by atoms with Crippen molar-refractivity contribution in [2.24, 2.45) is 0 Å². The Balaban J connectivity index is 0.00000155. The molecule has 2 aromatic carbocycles. The van der Waals surface area contributed by atoms with Crippen molar-refractivity contribution < 1.29 is 23.2 Å². The average molecular weight is 451 g/mol. The van der Waals surface area contributed by atoms with Crippen LogP contribution in [0.1, 0.15) is 0 Å². The topological polar surface area (TPSA) is 23.6 Å². The van der Waals surface area contributed by atoms with E-state index >= 15 is 0 Å². The summed E-state index contributed by atoms with van der Waals surface area (Å²) in [6.45, 7) is 1.79. The van der Waals surface area contributed by atoms with E-state index in [1.807, 2.05) is 36.4 Å². The van der Waals surface area contributed by atoms with Gasteiger partial charge >= 0.3 is 23.2 Å². The van der Waals surface area contributed by atoms with Crippen LogP contribution < -0.4 is 9.80 Å². The molecule has 3 nitrogen and oxygen atoms in total. The van der Waals surface area contributed by atoms with Crippen LogP contribution in [0, 0.1) is 0 Å². The summed E-state index contributed by atoms with van der Waals surface area (Å²) in [7, 11) is 4.14. The number of anilines is 2. The molecule has 0 bridgehead atoms. The zero-order chi connectivity index (χ0) is 16.5. The van der Waals surface area contributed by atoms with E-state index in [-0.39, 0.29) is 12.4 Å². The number of hydrogen-bond acceptors (Lipinski definition) is 5. The molecular weight excluding hydrogens is 432 g/mol. The molecule has 0 amide bonds. The SMILES string of the molecule is CN(CCN(C)c1ccccc1[S-])c1ccccc1[S-].Cl.[O]=[Mo]. The predicted molar refractivity (Wildman–Crippen MR) is 98.6 cm³/mol. The van der Waals surface area contributed by atoms with E-state index in [4.69, 9.17) is 28.7 Å². The van der Waals surface area contributed by atoms with Gasteiger partial charge in [-0.2, -0.15) is 9.79 Å². The second-order valence-electron chi connectivity index (χ2n) is 4.78. The van der Waals surface area contributed by atoms with Crippen molar-refractivity contribution in [3.8, 4) is 0 Å². The fourth-order valence-electron chi connectivity index (χ4n) is 2.09.